The Morgan fingerprint density at radius 3 is 2.31 bits per heavy atom. The second-order valence-corrected chi connectivity index (χ2v) is 6.51. The minimum Gasteiger partial charge on any atom is -0.497 e. The van der Waals surface area contributed by atoms with Gasteiger partial charge in [0.1, 0.15) is 23.9 Å². The van der Waals surface area contributed by atoms with E-state index in [4.69, 9.17) is 14.2 Å². The van der Waals surface area contributed by atoms with Gasteiger partial charge in [-0.15, -0.1) is 0 Å². The molecule has 0 aliphatic carbocycles. The molecule has 3 rings (SSSR count). The first-order chi connectivity index (χ1) is 15.6. The fraction of sp³-hybridized carbons (Fsp3) is 0.0800. The lowest BCUT2D eigenvalue weighted by Gasteiger charge is -2.06. The smallest absolute Gasteiger partial charge is 0.343 e. The Bertz CT molecular complexity index is 1110. The monoisotopic (exact) mass is 430 g/mol. The molecule has 0 saturated carbocycles. The summed E-state index contributed by atoms with van der Waals surface area (Å²) in [7, 11) is 1.55. The van der Waals surface area contributed by atoms with Crippen molar-refractivity contribution in [2.45, 2.75) is 0 Å². The number of carbonyl (C=O) groups is 2. The molecule has 0 aliphatic heterocycles. The van der Waals surface area contributed by atoms with Gasteiger partial charge in [-0.2, -0.15) is 5.10 Å². The number of amides is 1. The van der Waals surface area contributed by atoms with Gasteiger partial charge in [0.15, 0.2) is 0 Å². The molecule has 1 amide bonds. The molecule has 162 valence electrons. The van der Waals surface area contributed by atoms with Gasteiger partial charge >= 0.3 is 5.97 Å². The van der Waals surface area contributed by atoms with Crippen molar-refractivity contribution >= 4 is 18.1 Å². The van der Waals surface area contributed by atoms with Crippen molar-refractivity contribution < 1.29 is 23.8 Å². The molecule has 7 heteroatoms. The van der Waals surface area contributed by atoms with E-state index in [0.29, 0.717) is 40.5 Å². The molecular formula is C25H22N2O5. The SMILES string of the molecule is C=CCOc1ccc(C(=O)N/N=C/c2cccc(OC(=O)c3ccc(OC)cc3)c2)cc1. The van der Waals surface area contributed by atoms with E-state index in [9.17, 15) is 9.59 Å². The number of esters is 1. The molecule has 0 radical (unpaired) electrons. The first-order valence-electron chi connectivity index (χ1n) is 9.72. The molecule has 0 aliphatic rings. The van der Waals surface area contributed by atoms with Gasteiger partial charge in [0.25, 0.3) is 5.91 Å². The Morgan fingerprint density at radius 2 is 1.62 bits per heavy atom. The van der Waals surface area contributed by atoms with E-state index in [0.717, 1.165) is 0 Å². The van der Waals surface area contributed by atoms with Gasteiger partial charge in [-0.25, -0.2) is 10.2 Å². The summed E-state index contributed by atoms with van der Waals surface area (Å²) >= 11 is 0. The highest BCUT2D eigenvalue weighted by Gasteiger charge is 2.09. The number of ether oxygens (including phenoxy) is 3. The van der Waals surface area contributed by atoms with Crippen molar-refractivity contribution in [2.24, 2.45) is 5.10 Å². The molecule has 0 spiro atoms. The number of hydrogen-bond acceptors (Lipinski definition) is 6. The zero-order valence-electron chi connectivity index (χ0n) is 17.5. The largest absolute Gasteiger partial charge is 0.497 e. The first-order valence-corrected chi connectivity index (χ1v) is 9.72. The number of rotatable bonds is 9. The fourth-order valence-electron chi connectivity index (χ4n) is 2.64. The summed E-state index contributed by atoms with van der Waals surface area (Å²) < 4.78 is 15.9. The number of nitrogens with zero attached hydrogens (tertiary/aromatic N) is 1. The van der Waals surface area contributed by atoms with E-state index in [2.05, 4.69) is 17.1 Å². The van der Waals surface area contributed by atoms with Gasteiger partial charge in [0.2, 0.25) is 0 Å². The Kier molecular flexibility index (Phi) is 7.75. The maximum Gasteiger partial charge on any atom is 0.343 e. The topological polar surface area (TPSA) is 86.2 Å². The molecule has 32 heavy (non-hydrogen) atoms. The fourth-order valence-corrected chi connectivity index (χ4v) is 2.64. The standard InChI is InChI=1S/C25H22N2O5/c1-3-15-31-22-13-7-19(8-14-22)24(28)27-26-17-18-5-4-6-23(16-18)32-25(29)20-9-11-21(30-2)12-10-20/h3-14,16-17H,1,15H2,2H3,(H,27,28)/b26-17+. The number of benzene rings is 3. The van der Waals surface area contributed by atoms with Crippen molar-refractivity contribution in [3.05, 3.63) is 102 Å². The highest BCUT2D eigenvalue weighted by molar-refractivity contribution is 5.95. The van der Waals surface area contributed by atoms with Crippen molar-refractivity contribution in [1.82, 2.24) is 5.43 Å². The minimum absolute atomic E-state index is 0.358. The molecule has 3 aromatic rings. The lowest BCUT2D eigenvalue weighted by Crippen LogP contribution is -2.17. The molecule has 0 saturated heterocycles. The lowest BCUT2D eigenvalue weighted by atomic mass is 10.2. The van der Waals surface area contributed by atoms with Crippen LogP contribution in [0.2, 0.25) is 0 Å². The highest BCUT2D eigenvalue weighted by Crippen LogP contribution is 2.17. The summed E-state index contributed by atoms with van der Waals surface area (Å²) in [6, 6.07) is 20.1. The third kappa shape index (κ3) is 6.30. The molecular weight excluding hydrogens is 408 g/mol. The van der Waals surface area contributed by atoms with Crippen LogP contribution in [0.3, 0.4) is 0 Å². The van der Waals surface area contributed by atoms with E-state index in [1.807, 2.05) is 0 Å². The van der Waals surface area contributed by atoms with Crippen LogP contribution in [0.5, 0.6) is 17.2 Å². The number of carbonyl (C=O) groups excluding carboxylic acids is 2. The molecule has 1 N–H and O–H groups in total. The summed E-state index contributed by atoms with van der Waals surface area (Å²) in [4.78, 5) is 24.5. The van der Waals surface area contributed by atoms with Crippen molar-refractivity contribution in [2.75, 3.05) is 13.7 Å². The van der Waals surface area contributed by atoms with Crippen LogP contribution < -0.4 is 19.6 Å². The Labute approximate surface area is 185 Å². The molecule has 0 bridgehead atoms. The molecule has 0 heterocycles. The predicted octanol–water partition coefficient (Wildman–Crippen LogP) is 4.24. The number of hydrazone groups is 1. The Balaban J connectivity index is 1.57. The van der Waals surface area contributed by atoms with Crippen LogP contribution in [0.25, 0.3) is 0 Å². The van der Waals surface area contributed by atoms with Gasteiger partial charge in [-0.3, -0.25) is 4.79 Å². The molecule has 0 aromatic heterocycles. The molecule has 7 nitrogen and oxygen atoms in total. The van der Waals surface area contributed by atoms with Crippen molar-refractivity contribution in [1.29, 1.82) is 0 Å². The molecule has 0 atom stereocenters. The van der Waals surface area contributed by atoms with Crippen molar-refractivity contribution in [3.63, 3.8) is 0 Å². The zero-order valence-corrected chi connectivity index (χ0v) is 17.5. The normalized spacial score (nSPS) is 10.4. The lowest BCUT2D eigenvalue weighted by molar-refractivity contribution is 0.0734. The number of nitrogens with one attached hydrogen (secondary N) is 1. The summed E-state index contributed by atoms with van der Waals surface area (Å²) in [5, 5.41) is 3.96. The maximum atomic E-state index is 12.3. The predicted molar refractivity (Wildman–Crippen MR) is 122 cm³/mol. The van der Waals surface area contributed by atoms with Crippen molar-refractivity contribution in [3.8, 4) is 17.2 Å². The summed E-state index contributed by atoms with van der Waals surface area (Å²) in [5.74, 6) is 0.801. The first kappa shape index (κ1) is 22.3. The summed E-state index contributed by atoms with van der Waals surface area (Å²) in [6.07, 6.45) is 3.11. The zero-order chi connectivity index (χ0) is 22.8. The average Bonchev–Trinajstić information content (AvgIpc) is 2.83. The summed E-state index contributed by atoms with van der Waals surface area (Å²) in [6.45, 7) is 3.98. The van der Waals surface area contributed by atoms with Crippen LogP contribution >= 0.6 is 0 Å². The van der Waals surface area contributed by atoms with E-state index >= 15 is 0 Å². The van der Waals surface area contributed by atoms with Crippen LogP contribution in [0.1, 0.15) is 26.3 Å². The van der Waals surface area contributed by atoms with E-state index in [-0.39, 0.29) is 5.91 Å². The van der Waals surface area contributed by atoms with Gasteiger partial charge in [-0.1, -0.05) is 24.8 Å². The third-order valence-corrected chi connectivity index (χ3v) is 4.26. The van der Waals surface area contributed by atoms with Gasteiger partial charge in [-0.05, 0) is 66.2 Å². The minimum atomic E-state index is -0.490. The highest BCUT2D eigenvalue weighted by atomic mass is 16.5. The average molecular weight is 430 g/mol. The molecule has 0 fully saturated rings. The van der Waals surface area contributed by atoms with Crippen LogP contribution in [-0.2, 0) is 0 Å². The van der Waals surface area contributed by atoms with Crippen LogP contribution in [0.15, 0.2) is 90.6 Å². The summed E-state index contributed by atoms with van der Waals surface area (Å²) in [5.41, 5.74) is 3.95. The van der Waals surface area contributed by atoms with E-state index < -0.39 is 5.97 Å². The number of methoxy groups -OCH3 is 1. The van der Waals surface area contributed by atoms with E-state index in [1.54, 1.807) is 86.0 Å². The molecule has 3 aromatic carbocycles. The van der Waals surface area contributed by atoms with Gasteiger partial charge in [0.05, 0.1) is 18.9 Å². The Morgan fingerprint density at radius 1 is 0.938 bits per heavy atom. The molecule has 0 unspecified atom stereocenters. The van der Waals surface area contributed by atoms with Gasteiger partial charge < -0.3 is 14.2 Å². The van der Waals surface area contributed by atoms with Crippen LogP contribution in [0, 0.1) is 0 Å². The second kappa shape index (κ2) is 11.1. The number of hydrogen-bond donors (Lipinski definition) is 1. The quantitative estimate of drug-likeness (QED) is 0.180. The van der Waals surface area contributed by atoms with Crippen LogP contribution in [0.4, 0.5) is 0 Å². The Hall–Kier alpha value is -4.39. The third-order valence-electron chi connectivity index (χ3n) is 4.26. The second-order valence-electron chi connectivity index (χ2n) is 6.51. The van der Waals surface area contributed by atoms with E-state index in [1.165, 1.54) is 6.21 Å². The maximum absolute atomic E-state index is 12.3. The van der Waals surface area contributed by atoms with Crippen LogP contribution in [-0.4, -0.2) is 31.8 Å². The van der Waals surface area contributed by atoms with Gasteiger partial charge in [0, 0.05) is 5.56 Å².